The summed E-state index contributed by atoms with van der Waals surface area (Å²) in [6.07, 6.45) is 8.61. The molecule has 0 atom stereocenters. The van der Waals surface area contributed by atoms with E-state index >= 15 is 0 Å². The summed E-state index contributed by atoms with van der Waals surface area (Å²) in [7, 11) is 1.71. The van der Waals surface area contributed by atoms with Crippen LogP contribution in [-0.2, 0) is 22.6 Å². The Hall–Kier alpha value is -3.19. The topological polar surface area (TPSA) is 95.8 Å². The van der Waals surface area contributed by atoms with Gasteiger partial charge in [0.1, 0.15) is 10.7 Å². The Morgan fingerprint density at radius 3 is 2.59 bits per heavy atom. The van der Waals surface area contributed by atoms with Crippen LogP contribution in [-0.4, -0.2) is 95.7 Å². The van der Waals surface area contributed by atoms with Crippen molar-refractivity contribution in [3.8, 4) is 0 Å². The molecule has 4 rings (SSSR count). The standard InChI is InChI=1S/C27H36FN7O3S/c1-38-17-3-11-32-13-15-33(16-14-32)20-25(36)35(19-22-4-6-23(28)7-5-22)27-31-18-24(39-27)26(37)30-8-2-10-34-12-9-29-21-34/h4-7,9,12,18,21H,2-3,8,10-11,13-17,19-20H2,1H3,(H,30,37). The number of hydrogen-bond donors (Lipinski definition) is 1. The molecule has 1 aromatic carbocycles. The number of rotatable bonds is 14. The zero-order valence-electron chi connectivity index (χ0n) is 22.3. The van der Waals surface area contributed by atoms with Crippen LogP contribution in [0.1, 0.15) is 28.1 Å². The van der Waals surface area contributed by atoms with Gasteiger partial charge in [-0.2, -0.15) is 0 Å². The summed E-state index contributed by atoms with van der Waals surface area (Å²) in [4.78, 5) is 41.2. The van der Waals surface area contributed by atoms with Crippen molar-refractivity contribution in [2.75, 3.05) is 64.4 Å². The van der Waals surface area contributed by atoms with Gasteiger partial charge in [0.2, 0.25) is 5.91 Å². The summed E-state index contributed by atoms with van der Waals surface area (Å²) in [6.45, 7) is 6.90. The Labute approximate surface area is 232 Å². The van der Waals surface area contributed by atoms with Crippen molar-refractivity contribution >= 4 is 28.3 Å². The van der Waals surface area contributed by atoms with Crippen molar-refractivity contribution in [1.82, 2.24) is 29.7 Å². The van der Waals surface area contributed by atoms with E-state index in [2.05, 4.69) is 25.1 Å². The first-order chi connectivity index (χ1) is 19.0. The number of halogens is 1. The molecule has 12 heteroatoms. The molecular formula is C27H36FN7O3S. The smallest absolute Gasteiger partial charge is 0.263 e. The van der Waals surface area contributed by atoms with E-state index < -0.39 is 0 Å². The molecule has 0 spiro atoms. The summed E-state index contributed by atoms with van der Waals surface area (Å²) in [6, 6.07) is 6.09. The van der Waals surface area contributed by atoms with Gasteiger partial charge in [-0.1, -0.05) is 23.5 Å². The van der Waals surface area contributed by atoms with Crippen molar-refractivity contribution in [3.63, 3.8) is 0 Å². The van der Waals surface area contributed by atoms with Crippen LogP contribution >= 0.6 is 11.3 Å². The fourth-order valence-corrected chi connectivity index (χ4v) is 5.23. The second-order valence-electron chi connectivity index (χ2n) is 9.49. The van der Waals surface area contributed by atoms with Gasteiger partial charge in [0.25, 0.3) is 5.91 Å². The fourth-order valence-electron chi connectivity index (χ4n) is 4.38. The number of aryl methyl sites for hydroxylation is 1. The third-order valence-electron chi connectivity index (χ3n) is 6.59. The van der Waals surface area contributed by atoms with Gasteiger partial charge >= 0.3 is 0 Å². The van der Waals surface area contributed by atoms with Gasteiger partial charge in [0.15, 0.2) is 5.13 Å². The average Bonchev–Trinajstić information content (AvgIpc) is 3.65. The number of amides is 2. The maximum atomic E-state index is 13.5. The van der Waals surface area contributed by atoms with Crippen molar-refractivity contribution in [3.05, 3.63) is 65.4 Å². The number of imidazole rings is 1. The second kappa shape index (κ2) is 14.8. The quantitative estimate of drug-likeness (QED) is 0.304. The molecule has 2 amide bonds. The predicted molar refractivity (Wildman–Crippen MR) is 148 cm³/mol. The summed E-state index contributed by atoms with van der Waals surface area (Å²) < 4.78 is 20.6. The largest absolute Gasteiger partial charge is 0.385 e. The van der Waals surface area contributed by atoms with E-state index in [4.69, 9.17) is 4.74 Å². The number of hydrogen-bond acceptors (Lipinski definition) is 8. The highest BCUT2D eigenvalue weighted by Crippen LogP contribution is 2.25. The van der Waals surface area contributed by atoms with Gasteiger partial charge in [-0.15, -0.1) is 0 Å². The molecule has 3 aromatic rings. The summed E-state index contributed by atoms with van der Waals surface area (Å²) in [5.74, 6) is -0.654. The number of aromatic nitrogens is 3. The van der Waals surface area contributed by atoms with Gasteiger partial charge in [-0.25, -0.2) is 14.4 Å². The Balaban J connectivity index is 1.35. The first-order valence-electron chi connectivity index (χ1n) is 13.2. The minimum atomic E-state index is -0.332. The molecule has 2 aromatic heterocycles. The van der Waals surface area contributed by atoms with Crippen LogP contribution in [0.2, 0.25) is 0 Å². The van der Waals surface area contributed by atoms with E-state index in [-0.39, 0.29) is 30.7 Å². The number of anilines is 1. The predicted octanol–water partition coefficient (Wildman–Crippen LogP) is 2.49. The molecular weight excluding hydrogens is 521 g/mol. The Bertz CT molecular complexity index is 1160. The van der Waals surface area contributed by atoms with Gasteiger partial charge in [-0.3, -0.25) is 19.4 Å². The maximum Gasteiger partial charge on any atom is 0.263 e. The minimum absolute atomic E-state index is 0.103. The number of nitrogens with zero attached hydrogens (tertiary/aromatic N) is 6. The van der Waals surface area contributed by atoms with Crippen molar-refractivity contribution in [1.29, 1.82) is 0 Å². The number of nitrogens with one attached hydrogen (secondary N) is 1. The number of methoxy groups -OCH3 is 1. The van der Waals surface area contributed by atoms with E-state index in [9.17, 15) is 14.0 Å². The molecule has 1 aliphatic heterocycles. The second-order valence-corrected chi connectivity index (χ2v) is 10.5. The first kappa shape index (κ1) is 28.8. The average molecular weight is 558 g/mol. The number of benzene rings is 1. The zero-order valence-corrected chi connectivity index (χ0v) is 23.1. The summed E-state index contributed by atoms with van der Waals surface area (Å²) in [5.41, 5.74) is 0.786. The first-order valence-corrected chi connectivity index (χ1v) is 14.0. The number of piperazine rings is 1. The lowest BCUT2D eigenvalue weighted by Crippen LogP contribution is -2.50. The lowest BCUT2D eigenvalue weighted by atomic mass is 10.2. The summed E-state index contributed by atoms with van der Waals surface area (Å²) >= 11 is 1.18. The molecule has 1 aliphatic rings. The lowest BCUT2D eigenvalue weighted by molar-refractivity contribution is -0.120. The molecule has 210 valence electrons. The molecule has 1 saturated heterocycles. The van der Waals surface area contributed by atoms with E-state index in [1.165, 1.54) is 29.7 Å². The maximum absolute atomic E-state index is 13.5. The minimum Gasteiger partial charge on any atom is -0.385 e. The van der Waals surface area contributed by atoms with Crippen LogP contribution in [0.5, 0.6) is 0 Å². The van der Waals surface area contributed by atoms with Crippen LogP contribution in [0.3, 0.4) is 0 Å². The third kappa shape index (κ3) is 8.92. The van der Waals surface area contributed by atoms with Gasteiger partial charge in [0, 0.05) is 71.9 Å². The molecule has 0 bridgehead atoms. The molecule has 10 nitrogen and oxygen atoms in total. The van der Waals surface area contributed by atoms with Crippen LogP contribution in [0.25, 0.3) is 0 Å². The molecule has 3 heterocycles. The highest BCUT2D eigenvalue weighted by Gasteiger charge is 2.25. The van der Waals surface area contributed by atoms with Crippen molar-refractivity contribution < 1.29 is 18.7 Å². The third-order valence-corrected chi connectivity index (χ3v) is 7.61. The Morgan fingerprint density at radius 2 is 1.87 bits per heavy atom. The van der Waals surface area contributed by atoms with Crippen LogP contribution in [0, 0.1) is 5.82 Å². The molecule has 0 radical (unpaired) electrons. The highest BCUT2D eigenvalue weighted by molar-refractivity contribution is 7.17. The summed E-state index contributed by atoms with van der Waals surface area (Å²) in [5, 5.41) is 3.37. The van der Waals surface area contributed by atoms with Crippen molar-refractivity contribution in [2.45, 2.75) is 25.9 Å². The molecule has 1 fully saturated rings. The highest BCUT2D eigenvalue weighted by atomic mass is 32.1. The van der Waals surface area contributed by atoms with Gasteiger partial charge in [-0.05, 0) is 30.5 Å². The normalized spacial score (nSPS) is 14.4. The fraction of sp³-hybridized carbons (Fsp3) is 0.481. The number of ether oxygens (including phenoxy) is 1. The van der Waals surface area contributed by atoms with E-state index in [0.717, 1.165) is 64.3 Å². The number of thiazole rings is 1. The molecule has 0 unspecified atom stereocenters. The van der Waals surface area contributed by atoms with Crippen LogP contribution < -0.4 is 10.2 Å². The Kier molecular flexibility index (Phi) is 11.0. The zero-order chi connectivity index (χ0) is 27.5. The van der Waals surface area contributed by atoms with Crippen LogP contribution in [0.15, 0.2) is 49.2 Å². The van der Waals surface area contributed by atoms with Gasteiger partial charge < -0.3 is 19.5 Å². The molecule has 1 N–H and O–H groups in total. The molecule has 0 saturated carbocycles. The number of carbonyl (C=O) groups is 2. The molecule has 39 heavy (non-hydrogen) atoms. The van der Waals surface area contributed by atoms with E-state index in [1.54, 1.807) is 36.7 Å². The lowest BCUT2D eigenvalue weighted by Gasteiger charge is -2.35. The van der Waals surface area contributed by atoms with Gasteiger partial charge in [0.05, 0.1) is 25.6 Å². The van der Waals surface area contributed by atoms with Crippen LogP contribution in [0.4, 0.5) is 9.52 Å². The van der Waals surface area contributed by atoms with E-state index in [0.29, 0.717) is 16.6 Å². The number of carbonyl (C=O) groups excluding carboxylic acids is 2. The Morgan fingerprint density at radius 1 is 1.10 bits per heavy atom. The van der Waals surface area contributed by atoms with Crippen molar-refractivity contribution in [2.24, 2.45) is 0 Å². The SMILES string of the molecule is COCCCN1CCN(CC(=O)N(Cc2ccc(F)cc2)c2ncc(C(=O)NCCCn3ccnc3)s2)CC1. The monoisotopic (exact) mass is 557 g/mol. The molecule has 0 aliphatic carbocycles. The van der Waals surface area contributed by atoms with E-state index in [1.807, 2.05) is 10.8 Å².